The molecule has 1 unspecified atom stereocenters. The fraction of sp³-hybridized carbons (Fsp3) is 0.467. The molecule has 0 aliphatic carbocycles. The number of fused-ring (bicyclic) bond motifs is 1. The highest BCUT2D eigenvalue weighted by Crippen LogP contribution is 2.46. The fourth-order valence-electron chi connectivity index (χ4n) is 3.10. The van der Waals surface area contributed by atoms with Gasteiger partial charge in [-0.2, -0.15) is 5.26 Å². The van der Waals surface area contributed by atoms with Crippen LogP contribution < -0.4 is 4.90 Å². The van der Waals surface area contributed by atoms with E-state index < -0.39 is 0 Å². The van der Waals surface area contributed by atoms with Gasteiger partial charge in [0.15, 0.2) is 0 Å². The van der Waals surface area contributed by atoms with E-state index >= 15 is 0 Å². The monoisotopic (exact) mass is 255 g/mol. The molecule has 2 atom stereocenters. The molecule has 3 rings (SSSR count). The highest BCUT2D eigenvalue weighted by Gasteiger charge is 2.64. The van der Waals surface area contributed by atoms with E-state index in [1.807, 2.05) is 24.0 Å². The Morgan fingerprint density at radius 3 is 2.37 bits per heavy atom. The zero-order valence-corrected chi connectivity index (χ0v) is 11.5. The molecule has 19 heavy (non-hydrogen) atoms. The Balaban J connectivity index is 1.95. The molecule has 4 heteroatoms. The summed E-state index contributed by atoms with van der Waals surface area (Å²) in [6.07, 6.45) is 0. The van der Waals surface area contributed by atoms with Gasteiger partial charge in [-0.1, -0.05) is 0 Å². The van der Waals surface area contributed by atoms with E-state index in [2.05, 4.69) is 24.8 Å². The van der Waals surface area contributed by atoms with Gasteiger partial charge < -0.3 is 4.90 Å². The first-order valence-corrected chi connectivity index (χ1v) is 6.48. The lowest BCUT2D eigenvalue weighted by Gasteiger charge is -2.41. The van der Waals surface area contributed by atoms with Crippen molar-refractivity contribution in [1.29, 1.82) is 5.26 Å². The summed E-state index contributed by atoms with van der Waals surface area (Å²) in [5.41, 5.74) is 1.16. The van der Waals surface area contributed by atoms with Crippen molar-refractivity contribution in [2.75, 3.05) is 18.0 Å². The molecule has 2 fully saturated rings. The first-order valence-electron chi connectivity index (χ1n) is 6.48. The van der Waals surface area contributed by atoms with E-state index in [4.69, 9.17) is 5.26 Å². The zero-order valence-electron chi connectivity index (χ0n) is 11.5. The van der Waals surface area contributed by atoms with E-state index in [0.717, 1.165) is 12.2 Å². The van der Waals surface area contributed by atoms with Crippen molar-refractivity contribution in [3.8, 4) is 6.07 Å². The van der Waals surface area contributed by atoms with Crippen LogP contribution in [0.2, 0.25) is 0 Å². The Bertz CT molecular complexity index is 584. The molecular weight excluding hydrogens is 238 g/mol. The number of carbonyl (C=O) groups excluding carboxylic acids is 1. The van der Waals surface area contributed by atoms with Crippen molar-refractivity contribution in [3.05, 3.63) is 29.8 Å². The standard InChI is InChI=1S/C15H17N3O/c1-14(2)9-17(13(19)15(3)10-18(14)15)12-6-4-11(8-16)5-7-12/h4-7H,9-10H2,1-3H3/t15-,18?/m0/s1. The molecule has 1 aromatic carbocycles. The van der Waals surface area contributed by atoms with Crippen LogP contribution in [0.15, 0.2) is 24.3 Å². The van der Waals surface area contributed by atoms with Crippen LogP contribution in [-0.4, -0.2) is 35.0 Å². The molecule has 2 saturated heterocycles. The van der Waals surface area contributed by atoms with Gasteiger partial charge in [-0.05, 0) is 45.0 Å². The maximum atomic E-state index is 12.6. The van der Waals surface area contributed by atoms with Crippen molar-refractivity contribution < 1.29 is 4.79 Å². The first kappa shape index (κ1) is 12.2. The smallest absolute Gasteiger partial charge is 0.248 e. The van der Waals surface area contributed by atoms with Gasteiger partial charge in [0.25, 0.3) is 0 Å². The minimum absolute atomic E-state index is 0.00341. The molecule has 98 valence electrons. The summed E-state index contributed by atoms with van der Waals surface area (Å²) in [5.74, 6) is 0.163. The van der Waals surface area contributed by atoms with Crippen LogP contribution in [0.4, 0.5) is 5.69 Å². The van der Waals surface area contributed by atoms with Crippen LogP contribution in [0.3, 0.4) is 0 Å². The van der Waals surface area contributed by atoms with E-state index in [9.17, 15) is 4.79 Å². The summed E-state index contributed by atoms with van der Waals surface area (Å²) >= 11 is 0. The zero-order chi connectivity index (χ0) is 13.8. The molecule has 0 aromatic heterocycles. The molecule has 0 spiro atoms. The quantitative estimate of drug-likeness (QED) is 0.718. The molecule has 0 bridgehead atoms. The summed E-state index contributed by atoms with van der Waals surface area (Å²) in [5, 5.41) is 8.83. The van der Waals surface area contributed by atoms with E-state index in [-0.39, 0.29) is 17.0 Å². The van der Waals surface area contributed by atoms with Gasteiger partial charge in [0.2, 0.25) is 5.91 Å². The number of carbonyl (C=O) groups is 1. The van der Waals surface area contributed by atoms with Gasteiger partial charge >= 0.3 is 0 Å². The van der Waals surface area contributed by atoms with Gasteiger partial charge in [0, 0.05) is 24.3 Å². The van der Waals surface area contributed by atoms with Crippen molar-refractivity contribution >= 4 is 11.6 Å². The number of hydrogen-bond acceptors (Lipinski definition) is 3. The first-order chi connectivity index (χ1) is 8.88. The number of benzene rings is 1. The molecule has 2 aliphatic heterocycles. The lowest BCUT2D eigenvalue weighted by molar-refractivity contribution is -0.124. The topological polar surface area (TPSA) is 47.1 Å². The minimum atomic E-state index is -0.338. The third-order valence-electron chi connectivity index (χ3n) is 4.25. The van der Waals surface area contributed by atoms with Crippen LogP contribution in [0, 0.1) is 11.3 Å². The predicted octanol–water partition coefficient (Wildman–Crippen LogP) is 1.76. The van der Waals surface area contributed by atoms with Crippen LogP contribution in [0.1, 0.15) is 26.3 Å². The van der Waals surface area contributed by atoms with Crippen LogP contribution in [-0.2, 0) is 4.79 Å². The molecule has 1 amide bonds. The lowest BCUT2D eigenvalue weighted by Crippen LogP contribution is -2.58. The van der Waals surface area contributed by atoms with Crippen LogP contribution in [0.5, 0.6) is 0 Å². The molecule has 4 nitrogen and oxygen atoms in total. The Labute approximate surface area is 113 Å². The minimum Gasteiger partial charge on any atom is -0.309 e. The summed E-state index contributed by atoms with van der Waals surface area (Å²) < 4.78 is 0. The number of nitrogens with zero attached hydrogens (tertiary/aromatic N) is 3. The molecule has 1 aromatic rings. The van der Waals surface area contributed by atoms with Gasteiger partial charge in [0.1, 0.15) is 5.54 Å². The van der Waals surface area contributed by atoms with Crippen molar-refractivity contribution in [1.82, 2.24) is 4.90 Å². The molecule has 0 radical (unpaired) electrons. The number of piperazine rings is 1. The highest BCUT2D eigenvalue weighted by atomic mass is 16.2. The third kappa shape index (κ3) is 1.66. The van der Waals surface area contributed by atoms with E-state index in [1.165, 1.54) is 0 Å². The van der Waals surface area contributed by atoms with Crippen molar-refractivity contribution in [2.24, 2.45) is 0 Å². The average molecular weight is 255 g/mol. The Morgan fingerprint density at radius 2 is 1.79 bits per heavy atom. The summed E-state index contributed by atoms with van der Waals surface area (Å²) in [4.78, 5) is 16.7. The summed E-state index contributed by atoms with van der Waals surface area (Å²) in [7, 11) is 0. The number of anilines is 1. The van der Waals surface area contributed by atoms with Gasteiger partial charge in [0.05, 0.1) is 11.6 Å². The second-order valence-corrected chi connectivity index (χ2v) is 6.22. The molecular formula is C15H17N3O. The predicted molar refractivity (Wildman–Crippen MR) is 72.7 cm³/mol. The third-order valence-corrected chi connectivity index (χ3v) is 4.25. The van der Waals surface area contributed by atoms with E-state index in [0.29, 0.717) is 12.1 Å². The maximum absolute atomic E-state index is 12.6. The summed E-state index contributed by atoms with van der Waals surface area (Å²) in [6.45, 7) is 7.87. The van der Waals surface area contributed by atoms with Crippen LogP contribution in [0.25, 0.3) is 0 Å². The number of hydrogen-bond donors (Lipinski definition) is 0. The van der Waals surface area contributed by atoms with Gasteiger partial charge in [-0.3, -0.25) is 9.69 Å². The molecule has 0 N–H and O–H groups in total. The van der Waals surface area contributed by atoms with Gasteiger partial charge in [-0.25, -0.2) is 0 Å². The largest absolute Gasteiger partial charge is 0.309 e. The van der Waals surface area contributed by atoms with E-state index in [1.54, 1.807) is 12.1 Å². The number of amides is 1. The van der Waals surface area contributed by atoms with Crippen LogP contribution >= 0.6 is 0 Å². The lowest BCUT2D eigenvalue weighted by atomic mass is 9.97. The molecule has 2 heterocycles. The average Bonchev–Trinajstić information content (AvgIpc) is 3.10. The molecule has 2 aliphatic rings. The maximum Gasteiger partial charge on any atom is 0.248 e. The second-order valence-electron chi connectivity index (χ2n) is 6.22. The van der Waals surface area contributed by atoms with Gasteiger partial charge in [-0.15, -0.1) is 0 Å². The Kier molecular flexibility index (Phi) is 2.30. The molecule has 0 saturated carbocycles. The number of nitriles is 1. The normalized spacial score (nSPS) is 31.6. The van der Waals surface area contributed by atoms with Crippen molar-refractivity contribution in [3.63, 3.8) is 0 Å². The Hall–Kier alpha value is -1.86. The number of rotatable bonds is 1. The second kappa shape index (κ2) is 3.58. The fourth-order valence-corrected chi connectivity index (χ4v) is 3.10. The SMILES string of the molecule is CC1(C)CN(c2ccc(C#N)cc2)C(=O)[C@]2(C)CN12. The summed E-state index contributed by atoms with van der Waals surface area (Å²) in [6, 6.07) is 9.33. The van der Waals surface area contributed by atoms with Crippen molar-refractivity contribution in [2.45, 2.75) is 31.8 Å². The highest BCUT2D eigenvalue weighted by molar-refractivity contribution is 6.03. The Morgan fingerprint density at radius 1 is 1.16 bits per heavy atom.